The number of hydrogen-bond acceptors (Lipinski definition) is 2. The molecule has 0 aromatic heterocycles. The van der Waals surface area contributed by atoms with Crippen LogP contribution in [0.1, 0.15) is 17.2 Å². The highest BCUT2D eigenvalue weighted by molar-refractivity contribution is 9.10. The second-order valence-corrected chi connectivity index (χ2v) is 5.89. The molecule has 2 aromatic rings. The van der Waals surface area contributed by atoms with Crippen LogP contribution in [0.3, 0.4) is 0 Å². The Kier molecular flexibility index (Phi) is 5.62. The van der Waals surface area contributed by atoms with Gasteiger partial charge in [-0.25, -0.2) is 4.39 Å². The van der Waals surface area contributed by atoms with Gasteiger partial charge in [0.05, 0.1) is 12.1 Å². The molecule has 0 spiro atoms. The van der Waals surface area contributed by atoms with Crippen molar-refractivity contribution >= 4 is 27.5 Å². The molecule has 5 heteroatoms. The van der Waals surface area contributed by atoms with E-state index >= 15 is 0 Å². The molecule has 0 aliphatic rings. The Morgan fingerprint density at radius 3 is 2.48 bits per heavy atom. The molecule has 0 bridgehead atoms. The highest BCUT2D eigenvalue weighted by atomic mass is 79.9. The minimum absolute atomic E-state index is 0.113. The van der Waals surface area contributed by atoms with E-state index in [1.807, 2.05) is 31.3 Å². The third-order valence-corrected chi connectivity index (χ3v) is 4.65. The first kappa shape index (κ1) is 16.3. The van der Waals surface area contributed by atoms with Gasteiger partial charge in [-0.1, -0.05) is 29.8 Å². The number of nitrogens with one attached hydrogen (secondary N) is 1. The van der Waals surface area contributed by atoms with Crippen LogP contribution in [-0.4, -0.2) is 14.2 Å². The molecule has 1 atom stereocenters. The van der Waals surface area contributed by atoms with Crippen LogP contribution in [0.15, 0.2) is 40.9 Å². The Morgan fingerprint density at radius 2 is 1.90 bits per heavy atom. The van der Waals surface area contributed by atoms with E-state index < -0.39 is 0 Å². The Balaban J connectivity index is 2.25. The third kappa shape index (κ3) is 3.76. The van der Waals surface area contributed by atoms with E-state index in [2.05, 4.69) is 21.2 Å². The molecular weight excluding hydrogens is 357 g/mol. The lowest BCUT2D eigenvalue weighted by Gasteiger charge is -2.18. The average molecular weight is 373 g/mol. The zero-order valence-corrected chi connectivity index (χ0v) is 14.1. The molecule has 2 rings (SSSR count). The molecule has 21 heavy (non-hydrogen) atoms. The summed E-state index contributed by atoms with van der Waals surface area (Å²) in [6, 6.07) is 11.1. The van der Waals surface area contributed by atoms with Crippen LogP contribution in [0.2, 0.25) is 5.02 Å². The Morgan fingerprint density at radius 1 is 1.24 bits per heavy atom. The van der Waals surface area contributed by atoms with Gasteiger partial charge in [0.25, 0.3) is 0 Å². The lowest BCUT2D eigenvalue weighted by molar-refractivity contribution is 0.414. The standard InChI is InChI=1S/C16H16BrClFNO/c1-20-14(9-10-3-5-11(21-2)6-4-10)12-7-8-13(17)15(18)16(12)19/h3-8,14,20H,9H2,1-2H3. The van der Waals surface area contributed by atoms with Crippen molar-refractivity contribution in [2.45, 2.75) is 12.5 Å². The Labute approximate surface area is 137 Å². The van der Waals surface area contributed by atoms with E-state index in [0.717, 1.165) is 11.3 Å². The number of ether oxygens (including phenoxy) is 1. The van der Waals surface area contributed by atoms with Crippen LogP contribution in [0.25, 0.3) is 0 Å². The van der Waals surface area contributed by atoms with Gasteiger partial charge >= 0.3 is 0 Å². The molecule has 0 aliphatic carbocycles. The normalized spacial score (nSPS) is 12.2. The third-order valence-electron chi connectivity index (χ3n) is 3.39. The summed E-state index contributed by atoms with van der Waals surface area (Å²) < 4.78 is 20.0. The van der Waals surface area contributed by atoms with Crippen molar-refractivity contribution in [2.75, 3.05) is 14.2 Å². The van der Waals surface area contributed by atoms with Crippen LogP contribution in [-0.2, 0) is 6.42 Å². The molecule has 112 valence electrons. The van der Waals surface area contributed by atoms with Gasteiger partial charge in [0.15, 0.2) is 0 Å². The zero-order valence-electron chi connectivity index (χ0n) is 11.8. The summed E-state index contributed by atoms with van der Waals surface area (Å²) in [6.45, 7) is 0. The molecule has 0 amide bonds. The van der Waals surface area contributed by atoms with Gasteiger partial charge in [-0.15, -0.1) is 0 Å². The first-order valence-electron chi connectivity index (χ1n) is 6.50. The second-order valence-electron chi connectivity index (χ2n) is 4.66. The van der Waals surface area contributed by atoms with Crippen molar-refractivity contribution in [2.24, 2.45) is 0 Å². The van der Waals surface area contributed by atoms with Crippen molar-refractivity contribution in [3.8, 4) is 5.75 Å². The van der Waals surface area contributed by atoms with E-state index in [0.29, 0.717) is 16.5 Å². The summed E-state index contributed by atoms with van der Waals surface area (Å²) in [4.78, 5) is 0. The smallest absolute Gasteiger partial charge is 0.147 e. The quantitative estimate of drug-likeness (QED) is 0.765. The van der Waals surface area contributed by atoms with Crippen LogP contribution in [0.5, 0.6) is 5.75 Å². The highest BCUT2D eigenvalue weighted by Gasteiger charge is 2.18. The summed E-state index contributed by atoms with van der Waals surface area (Å²) in [5.74, 6) is 0.413. The van der Waals surface area contributed by atoms with Gasteiger partial charge in [-0.3, -0.25) is 0 Å². The highest BCUT2D eigenvalue weighted by Crippen LogP contribution is 2.31. The fourth-order valence-electron chi connectivity index (χ4n) is 2.17. The van der Waals surface area contributed by atoms with Crippen LogP contribution >= 0.6 is 27.5 Å². The van der Waals surface area contributed by atoms with Crippen molar-refractivity contribution in [1.29, 1.82) is 0 Å². The molecule has 2 nitrogen and oxygen atoms in total. The van der Waals surface area contributed by atoms with E-state index in [9.17, 15) is 4.39 Å². The molecule has 0 heterocycles. The number of hydrogen-bond donors (Lipinski definition) is 1. The maximum absolute atomic E-state index is 14.3. The maximum atomic E-state index is 14.3. The lowest BCUT2D eigenvalue weighted by Crippen LogP contribution is -2.20. The zero-order chi connectivity index (χ0) is 15.4. The van der Waals surface area contributed by atoms with Crippen LogP contribution in [0, 0.1) is 5.82 Å². The molecule has 1 N–H and O–H groups in total. The van der Waals surface area contributed by atoms with E-state index in [1.54, 1.807) is 19.2 Å². The van der Waals surface area contributed by atoms with Crippen molar-refractivity contribution < 1.29 is 9.13 Å². The van der Waals surface area contributed by atoms with Gasteiger partial charge in [0, 0.05) is 16.1 Å². The van der Waals surface area contributed by atoms with Gasteiger partial charge in [0.1, 0.15) is 11.6 Å². The van der Waals surface area contributed by atoms with Crippen molar-refractivity contribution in [3.05, 3.63) is 62.8 Å². The summed E-state index contributed by atoms with van der Waals surface area (Å²) in [5, 5.41) is 3.25. The molecular formula is C16H16BrClFNO. The minimum atomic E-state index is -0.390. The first-order valence-corrected chi connectivity index (χ1v) is 7.67. The van der Waals surface area contributed by atoms with Gasteiger partial charge < -0.3 is 10.1 Å². The van der Waals surface area contributed by atoms with Gasteiger partial charge in [-0.05, 0) is 53.2 Å². The predicted molar refractivity (Wildman–Crippen MR) is 87.6 cm³/mol. The van der Waals surface area contributed by atoms with E-state index in [-0.39, 0.29) is 16.9 Å². The molecule has 0 saturated carbocycles. The largest absolute Gasteiger partial charge is 0.497 e. The molecule has 0 saturated heterocycles. The lowest BCUT2D eigenvalue weighted by atomic mass is 9.98. The number of methoxy groups -OCH3 is 1. The Bertz CT molecular complexity index is 618. The topological polar surface area (TPSA) is 21.3 Å². The van der Waals surface area contributed by atoms with Gasteiger partial charge in [-0.2, -0.15) is 0 Å². The number of benzene rings is 2. The molecule has 0 fully saturated rings. The minimum Gasteiger partial charge on any atom is -0.497 e. The Hall–Kier alpha value is -1.10. The average Bonchev–Trinajstić information content (AvgIpc) is 2.51. The molecule has 2 aromatic carbocycles. The van der Waals surface area contributed by atoms with Crippen LogP contribution < -0.4 is 10.1 Å². The first-order chi connectivity index (χ1) is 10.1. The summed E-state index contributed by atoms with van der Waals surface area (Å²) >= 11 is 9.19. The van der Waals surface area contributed by atoms with E-state index in [4.69, 9.17) is 16.3 Å². The molecule has 1 unspecified atom stereocenters. The summed E-state index contributed by atoms with van der Waals surface area (Å²) in [5.41, 5.74) is 1.65. The summed E-state index contributed by atoms with van der Waals surface area (Å²) in [7, 11) is 3.44. The molecule has 0 radical (unpaired) electrons. The number of rotatable bonds is 5. The van der Waals surface area contributed by atoms with E-state index in [1.165, 1.54) is 0 Å². The monoisotopic (exact) mass is 371 g/mol. The number of likely N-dealkylation sites (N-methyl/N-ethyl adjacent to an activating group) is 1. The maximum Gasteiger partial charge on any atom is 0.147 e. The van der Waals surface area contributed by atoms with Crippen LogP contribution in [0.4, 0.5) is 4.39 Å². The fraction of sp³-hybridized carbons (Fsp3) is 0.250. The number of halogens is 3. The fourth-order valence-corrected chi connectivity index (χ4v) is 2.65. The van der Waals surface area contributed by atoms with Gasteiger partial charge in [0.2, 0.25) is 0 Å². The SMILES string of the molecule is CNC(Cc1ccc(OC)cc1)c1ccc(Br)c(Cl)c1F. The second kappa shape index (κ2) is 7.25. The van der Waals surface area contributed by atoms with Crippen molar-refractivity contribution in [1.82, 2.24) is 5.32 Å². The predicted octanol–water partition coefficient (Wildman–Crippen LogP) is 4.75. The van der Waals surface area contributed by atoms with Crippen molar-refractivity contribution in [3.63, 3.8) is 0 Å². The summed E-state index contributed by atoms with van der Waals surface area (Å²) in [6.07, 6.45) is 0.662. The molecule has 0 aliphatic heterocycles.